The fraction of sp³-hybridized carbons (Fsp3) is 0.0909. The lowest BCUT2D eigenvalue weighted by atomic mass is 10.1. The lowest BCUT2D eigenvalue weighted by Gasteiger charge is -2.07. The normalized spacial score (nSPS) is 11.4. The Morgan fingerprint density at radius 1 is 1.24 bits per heavy atom. The van der Waals surface area contributed by atoms with Gasteiger partial charge in [-0.05, 0) is 12.1 Å². The molecule has 0 aliphatic rings. The highest BCUT2D eigenvalue weighted by atomic mass is 19.4. The molecule has 0 bridgehead atoms. The highest BCUT2D eigenvalue weighted by Crippen LogP contribution is 2.32. The Kier molecular flexibility index (Phi) is 2.39. The third-order valence-corrected chi connectivity index (χ3v) is 2.17. The molecule has 0 amide bonds. The van der Waals surface area contributed by atoms with Crippen LogP contribution in [-0.2, 0) is 6.18 Å². The largest absolute Gasteiger partial charge is 0.451 e. The maximum absolute atomic E-state index is 12.6. The lowest BCUT2D eigenvalue weighted by molar-refractivity contribution is -0.153. The van der Waals surface area contributed by atoms with Gasteiger partial charge in [0.05, 0.1) is 5.39 Å². The van der Waals surface area contributed by atoms with E-state index in [1.54, 1.807) is 0 Å². The number of nitriles is 1. The number of nitrogens with zero attached hydrogens (tertiary/aromatic N) is 1. The second-order valence-corrected chi connectivity index (χ2v) is 3.24. The molecule has 17 heavy (non-hydrogen) atoms. The molecule has 2 aromatic rings. The van der Waals surface area contributed by atoms with E-state index in [1.807, 2.05) is 0 Å². The molecular weight excluding hydrogens is 235 g/mol. The van der Waals surface area contributed by atoms with Gasteiger partial charge in [0.25, 0.3) is 0 Å². The van der Waals surface area contributed by atoms with Crippen LogP contribution in [0.2, 0.25) is 0 Å². The average molecular weight is 239 g/mol. The van der Waals surface area contributed by atoms with Crippen molar-refractivity contribution in [2.75, 3.05) is 0 Å². The fourth-order valence-electron chi connectivity index (χ4n) is 1.44. The number of alkyl halides is 3. The van der Waals surface area contributed by atoms with Crippen molar-refractivity contribution >= 4 is 11.0 Å². The quantitative estimate of drug-likeness (QED) is 0.710. The predicted molar refractivity (Wildman–Crippen MR) is 52.2 cm³/mol. The molecule has 0 aliphatic heterocycles. The minimum atomic E-state index is -4.87. The molecule has 0 saturated heterocycles. The Hall–Kier alpha value is -2.29. The first-order chi connectivity index (χ1) is 7.95. The van der Waals surface area contributed by atoms with E-state index >= 15 is 0 Å². The van der Waals surface area contributed by atoms with Crippen molar-refractivity contribution in [3.8, 4) is 6.07 Å². The van der Waals surface area contributed by atoms with Crippen LogP contribution >= 0.6 is 0 Å². The van der Waals surface area contributed by atoms with E-state index < -0.39 is 22.9 Å². The summed E-state index contributed by atoms with van der Waals surface area (Å²) in [7, 11) is 0. The Balaban J connectivity index is 2.97. The zero-order chi connectivity index (χ0) is 12.6. The van der Waals surface area contributed by atoms with E-state index in [1.165, 1.54) is 30.3 Å². The smallest absolute Gasteiger partial charge is 0.450 e. The molecule has 2 rings (SSSR count). The minimum Gasteiger partial charge on any atom is -0.450 e. The van der Waals surface area contributed by atoms with Crippen molar-refractivity contribution in [3.05, 3.63) is 45.8 Å². The topological polar surface area (TPSA) is 54.0 Å². The molecule has 0 radical (unpaired) electrons. The maximum atomic E-state index is 12.6. The standard InChI is InChI=1S/C11H4F3NO2/c12-11(13,14)10-7(5-15)9(16)6-3-1-2-4-8(6)17-10/h1-4H. The molecule has 86 valence electrons. The first-order valence-corrected chi connectivity index (χ1v) is 4.48. The summed E-state index contributed by atoms with van der Waals surface area (Å²) in [5.41, 5.74) is -2.18. The molecule has 1 aromatic heterocycles. The molecule has 0 aliphatic carbocycles. The van der Waals surface area contributed by atoms with Crippen LogP contribution < -0.4 is 5.43 Å². The summed E-state index contributed by atoms with van der Waals surface area (Å²) in [6, 6.07) is 6.71. The van der Waals surface area contributed by atoms with Crippen LogP contribution in [0.15, 0.2) is 33.5 Å². The van der Waals surface area contributed by atoms with Gasteiger partial charge >= 0.3 is 6.18 Å². The molecule has 3 nitrogen and oxygen atoms in total. The minimum absolute atomic E-state index is 0.0444. The van der Waals surface area contributed by atoms with Crippen LogP contribution in [0.4, 0.5) is 13.2 Å². The Labute approximate surface area is 92.7 Å². The van der Waals surface area contributed by atoms with Gasteiger partial charge in [0.2, 0.25) is 11.2 Å². The summed E-state index contributed by atoms with van der Waals surface area (Å²) < 4.78 is 42.3. The van der Waals surface area contributed by atoms with E-state index in [9.17, 15) is 18.0 Å². The van der Waals surface area contributed by atoms with E-state index in [0.29, 0.717) is 0 Å². The number of para-hydroxylation sites is 1. The zero-order valence-corrected chi connectivity index (χ0v) is 8.21. The van der Waals surface area contributed by atoms with Gasteiger partial charge < -0.3 is 4.42 Å². The lowest BCUT2D eigenvalue weighted by Crippen LogP contribution is -2.16. The number of fused-ring (bicyclic) bond motifs is 1. The van der Waals surface area contributed by atoms with Crippen molar-refractivity contribution in [3.63, 3.8) is 0 Å². The van der Waals surface area contributed by atoms with Crippen molar-refractivity contribution < 1.29 is 17.6 Å². The van der Waals surface area contributed by atoms with Gasteiger partial charge in [-0.3, -0.25) is 4.79 Å². The van der Waals surface area contributed by atoms with Gasteiger partial charge in [0.15, 0.2) is 0 Å². The molecule has 1 aromatic carbocycles. The van der Waals surface area contributed by atoms with Gasteiger partial charge in [-0.15, -0.1) is 0 Å². The third kappa shape index (κ3) is 1.76. The number of hydrogen-bond donors (Lipinski definition) is 0. The van der Waals surface area contributed by atoms with E-state index in [-0.39, 0.29) is 11.0 Å². The third-order valence-electron chi connectivity index (χ3n) is 2.17. The number of benzene rings is 1. The van der Waals surface area contributed by atoms with Crippen LogP contribution in [-0.4, -0.2) is 0 Å². The van der Waals surface area contributed by atoms with Crippen LogP contribution in [0.3, 0.4) is 0 Å². The first-order valence-electron chi connectivity index (χ1n) is 4.48. The first kappa shape index (κ1) is 11.2. The monoisotopic (exact) mass is 239 g/mol. The van der Waals surface area contributed by atoms with E-state index in [4.69, 9.17) is 5.26 Å². The second-order valence-electron chi connectivity index (χ2n) is 3.24. The van der Waals surface area contributed by atoms with Crippen LogP contribution in [0, 0.1) is 11.3 Å². The van der Waals surface area contributed by atoms with Crippen molar-refractivity contribution in [1.29, 1.82) is 5.26 Å². The van der Waals surface area contributed by atoms with Gasteiger partial charge in [0, 0.05) is 0 Å². The SMILES string of the molecule is N#Cc1c(C(F)(F)F)oc2ccccc2c1=O. The molecule has 0 fully saturated rings. The van der Waals surface area contributed by atoms with Crippen molar-refractivity contribution in [1.82, 2.24) is 0 Å². The molecule has 0 unspecified atom stereocenters. The van der Waals surface area contributed by atoms with Gasteiger partial charge in [-0.1, -0.05) is 12.1 Å². The fourth-order valence-corrected chi connectivity index (χ4v) is 1.44. The summed E-state index contributed by atoms with van der Waals surface area (Å²) in [6.07, 6.45) is -4.87. The van der Waals surface area contributed by atoms with Gasteiger partial charge in [-0.25, -0.2) is 0 Å². The van der Waals surface area contributed by atoms with Crippen molar-refractivity contribution in [2.45, 2.75) is 6.18 Å². The zero-order valence-electron chi connectivity index (χ0n) is 8.21. The summed E-state index contributed by atoms with van der Waals surface area (Å²) >= 11 is 0. The Bertz CT molecular complexity index is 680. The summed E-state index contributed by atoms with van der Waals surface area (Å²) in [5.74, 6) is -1.55. The Morgan fingerprint density at radius 2 is 1.88 bits per heavy atom. The number of hydrogen-bond acceptors (Lipinski definition) is 3. The Morgan fingerprint density at radius 3 is 2.47 bits per heavy atom. The van der Waals surface area contributed by atoms with E-state index in [2.05, 4.69) is 4.42 Å². The molecule has 0 spiro atoms. The summed E-state index contributed by atoms with van der Waals surface area (Å²) in [5, 5.41) is 8.57. The van der Waals surface area contributed by atoms with Crippen LogP contribution in [0.25, 0.3) is 11.0 Å². The molecule has 0 atom stereocenters. The molecule has 6 heteroatoms. The van der Waals surface area contributed by atoms with Gasteiger partial charge in [-0.2, -0.15) is 18.4 Å². The molecule has 0 N–H and O–H groups in total. The number of halogens is 3. The van der Waals surface area contributed by atoms with Gasteiger partial charge in [0.1, 0.15) is 17.2 Å². The highest BCUT2D eigenvalue weighted by Gasteiger charge is 2.39. The highest BCUT2D eigenvalue weighted by molar-refractivity contribution is 5.77. The number of rotatable bonds is 0. The van der Waals surface area contributed by atoms with Crippen molar-refractivity contribution in [2.24, 2.45) is 0 Å². The summed E-state index contributed by atoms with van der Waals surface area (Å²) in [6.45, 7) is 0. The summed E-state index contributed by atoms with van der Waals surface area (Å²) in [4.78, 5) is 11.6. The van der Waals surface area contributed by atoms with E-state index in [0.717, 1.165) is 0 Å². The molecule has 0 saturated carbocycles. The molecular formula is C11H4F3NO2. The van der Waals surface area contributed by atoms with Crippen LogP contribution in [0.5, 0.6) is 0 Å². The second kappa shape index (κ2) is 3.63. The molecule has 1 heterocycles. The predicted octanol–water partition coefficient (Wildman–Crippen LogP) is 2.68. The maximum Gasteiger partial charge on any atom is 0.451 e. The average Bonchev–Trinajstić information content (AvgIpc) is 2.28. The van der Waals surface area contributed by atoms with Crippen LogP contribution in [0.1, 0.15) is 11.3 Å².